The van der Waals surface area contributed by atoms with Crippen molar-refractivity contribution in [2.75, 3.05) is 26.2 Å². The van der Waals surface area contributed by atoms with Crippen LogP contribution in [0.3, 0.4) is 0 Å². The summed E-state index contributed by atoms with van der Waals surface area (Å²) >= 11 is 0. The highest BCUT2D eigenvalue weighted by Gasteiger charge is 2.18. The molecule has 0 spiro atoms. The van der Waals surface area contributed by atoms with Crippen LogP contribution in [-0.2, 0) is 15.0 Å². The lowest BCUT2D eigenvalue weighted by Crippen LogP contribution is -2.45. The first-order valence-electron chi connectivity index (χ1n) is 5.57. The van der Waals surface area contributed by atoms with Gasteiger partial charge in [-0.2, -0.15) is 13.1 Å². The lowest BCUT2D eigenvalue weighted by atomic mass is 10.1. The van der Waals surface area contributed by atoms with Crippen molar-refractivity contribution in [1.29, 1.82) is 0 Å². The van der Waals surface area contributed by atoms with Gasteiger partial charge in [0.15, 0.2) is 0 Å². The summed E-state index contributed by atoms with van der Waals surface area (Å²) in [7, 11) is -3.51. The Balaban J connectivity index is 2.34. The minimum atomic E-state index is -3.51. The number of nitrogens with zero attached hydrogens (tertiary/aromatic N) is 1. The number of piperidine rings is 1. The molecule has 0 unspecified atom stereocenters. The van der Waals surface area contributed by atoms with E-state index in [1.54, 1.807) is 11.8 Å². The van der Waals surface area contributed by atoms with Gasteiger partial charge in [-0.25, -0.2) is 4.72 Å². The van der Waals surface area contributed by atoms with Gasteiger partial charge in [-0.1, -0.05) is 6.92 Å². The first kappa shape index (κ1) is 13.4. The molecule has 1 heterocycles. The SMILES string of the molecule is CCNS(=O)(=O)NCC(=O)N1CCCCC1. The fraction of sp³-hybridized carbons (Fsp3) is 0.889. The molecule has 2 N–H and O–H groups in total. The molecule has 7 heteroatoms. The molecule has 1 rings (SSSR count). The Hall–Kier alpha value is -0.660. The summed E-state index contributed by atoms with van der Waals surface area (Å²) in [6.07, 6.45) is 3.16. The van der Waals surface area contributed by atoms with Crippen LogP contribution < -0.4 is 9.44 Å². The fourth-order valence-corrected chi connectivity index (χ4v) is 2.45. The molecule has 0 radical (unpaired) electrons. The van der Waals surface area contributed by atoms with E-state index in [-0.39, 0.29) is 12.5 Å². The molecular weight excluding hydrogens is 230 g/mol. The summed E-state index contributed by atoms with van der Waals surface area (Å²) in [4.78, 5) is 13.3. The van der Waals surface area contributed by atoms with E-state index in [4.69, 9.17) is 0 Å². The summed E-state index contributed by atoms with van der Waals surface area (Å²) in [5, 5.41) is 0. The van der Waals surface area contributed by atoms with Gasteiger partial charge in [0.25, 0.3) is 10.2 Å². The molecule has 1 fully saturated rings. The maximum absolute atomic E-state index is 11.6. The van der Waals surface area contributed by atoms with Crippen LogP contribution >= 0.6 is 0 Å². The second kappa shape index (κ2) is 6.17. The van der Waals surface area contributed by atoms with E-state index in [2.05, 4.69) is 9.44 Å². The average molecular weight is 249 g/mol. The standard InChI is InChI=1S/C9H19N3O3S/c1-2-10-16(14,15)11-8-9(13)12-6-4-3-5-7-12/h10-11H,2-8H2,1H3. The smallest absolute Gasteiger partial charge is 0.277 e. The molecule has 0 bridgehead atoms. The van der Waals surface area contributed by atoms with E-state index in [1.807, 2.05) is 0 Å². The van der Waals surface area contributed by atoms with Crippen molar-refractivity contribution in [2.45, 2.75) is 26.2 Å². The predicted octanol–water partition coefficient (Wildman–Crippen LogP) is -0.557. The molecule has 0 aliphatic carbocycles. The molecule has 16 heavy (non-hydrogen) atoms. The van der Waals surface area contributed by atoms with Crippen LogP contribution in [0.15, 0.2) is 0 Å². The van der Waals surface area contributed by atoms with Crippen LogP contribution in [0.1, 0.15) is 26.2 Å². The highest BCUT2D eigenvalue weighted by atomic mass is 32.2. The lowest BCUT2D eigenvalue weighted by Gasteiger charge is -2.26. The van der Waals surface area contributed by atoms with E-state index in [1.165, 1.54) is 0 Å². The third-order valence-corrected chi connectivity index (χ3v) is 3.65. The number of amides is 1. The number of nitrogens with one attached hydrogen (secondary N) is 2. The van der Waals surface area contributed by atoms with E-state index >= 15 is 0 Å². The molecule has 1 aliphatic rings. The van der Waals surface area contributed by atoms with E-state index < -0.39 is 10.2 Å². The molecule has 0 aromatic carbocycles. The van der Waals surface area contributed by atoms with Crippen LogP contribution in [0.5, 0.6) is 0 Å². The zero-order valence-electron chi connectivity index (χ0n) is 9.53. The largest absolute Gasteiger partial charge is 0.342 e. The van der Waals surface area contributed by atoms with Crippen molar-refractivity contribution in [3.8, 4) is 0 Å². The number of carbonyl (C=O) groups excluding carboxylic acids is 1. The van der Waals surface area contributed by atoms with E-state index in [0.29, 0.717) is 6.54 Å². The maximum Gasteiger partial charge on any atom is 0.277 e. The van der Waals surface area contributed by atoms with Crippen molar-refractivity contribution in [2.24, 2.45) is 0 Å². The van der Waals surface area contributed by atoms with E-state index in [0.717, 1.165) is 32.4 Å². The van der Waals surface area contributed by atoms with Crippen molar-refractivity contribution < 1.29 is 13.2 Å². The van der Waals surface area contributed by atoms with Crippen molar-refractivity contribution >= 4 is 16.1 Å². The van der Waals surface area contributed by atoms with Gasteiger partial charge in [-0.05, 0) is 19.3 Å². The van der Waals surface area contributed by atoms with Crippen LogP contribution in [-0.4, -0.2) is 45.4 Å². The number of rotatable bonds is 5. The predicted molar refractivity (Wildman–Crippen MR) is 61.0 cm³/mol. The summed E-state index contributed by atoms with van der Waals surface area (Å²) in [5.74, 6) is -0.152. The Bertz CT molecular complexity index is 323. The van der Waals surface area contributed by atoms with Crippen LogP contribution in [0.4, 0.5) is 0 Å². The first-order valence-corrected chi connectivity index (χ1v) is 7.05. The molecule has 6 nitrogen and oxygen atoms in total. The van der Waals surface area contributed by atoms with E-state index in [9.17, 15) is 13.2 Å². The first-order chi connectivity index (χ1) is 7.55. The van der Waals surface area contributed by atoms with Crippen molar-refractivity contribution in [1.82, 2.24) is 14.3 Å². The fourth-order valence-electron chi connectivity index (χ4n) is 1.65. The molecule has 0 aromatic heterocycles. The average Bonchev–Trinajstić information content (AvgIpc) is 2.27. The Labute approximate surface area is 96.6 Å². The van der Waals surface area contributed by atoms with Crippen LogP contribution in [0.2, 0.25) is 0 Å². The Kier molecular flexibility index (Phi) is 5.17. The molecule has 0 aromatic rings. The zero-order chi connectivity index (χ0) is 12.0. The highest BCUT2D eigenvalue weighted by Crippen LogP contribution is 2.08. The monoisotopic (exact) mass is 249 g/mol. The number of likely N-dealkylation sites (tertiary alicyclic amines) is 1. The molecular formula is C9H19N3O3S. The Morgan fingerprint density at radius 1 is 1.19 bits per heavy atom. The number of hydrogen-bond donors (Lipinski definition) is 2. The summed E-state index contributed by atoms with van der Waals surface area (Å²) in [5.41, 5.74) is 0. The van der Waals surface area contributed by atoms with Gasteiger partial charge in [0.05, 0.1) is 6.54 Å². The normalized spacial score (nSPS) is 17.4. The van der Waals surface area contributed by atoms with Crippen molar-refractivity contribution in [3.05, 3.63) is 0 Å². The molecule has 0 atom stereocenters. The van der Waals surface area contributed by atoms with Crippen LogP contribution in [0, 0.1) is 0 Å². The molecule has 94 valence electrons. The Morgan fingerprint density at radius 3 is 2.38 bits per heavy atom. The third kappa shape index (κ3) is 4.46. The van der Waals surface area contributed by atoms with Gasteiger partial charge in [-0.15, -0.1) is 0 Å². The number of carbonyl (C=O) groups is 1. The molecule has 1 aliphatic heterocycles. The van der Waals surface area contributed by atoms with Gasteiger partial charge in [0, 0.05) is 19.6 Å². The topological polar surface area (TPSA) is 78.5 Å². The lowest BCUT2D eigenvalue weighted by molar-refractivity contribution is -0.130. The molecule has 1 saturated heterocycles. The zero-order valence-corrected chi connectivity index (χ0v) is 10.3. The van der Waals surface area contributed by atoms with Crippen molar-refractivity contribution in [3.63, 3.8) is 0 Å². The van der Waals surface area contributed by atoms with Gasteiger partial charge in [-0.3, -0.25) is 4.79 Å². The van der Waals surface area contributed by atoms with Gasteiger partial charge in [0.1, 0.15) is 0 Å². The van der Waals surface area contributed by atoms with Gasteiger partial charge < -0.3 is 4.90 Å². The highest BCUT2D eigenvalue weighted by molar-refractivity contribution is 7.87. The minimum absolute atomic E-state index is 0.152. The second-order valence-corrected chi connectivity index (χ2v) is 5.35. The minimum Gasteiger partial charge on any atom is -0.342 e. The maximum atomic E-state index is 11.6. The van der Waals surface area contributed by atoms with Gasteiger partial charge >= 0.3 is 0 Å². The number of hydrogen-bond acceptors (Lipinski definition) is 3. The molecule has 1 amide bonds. The molecule has 0 saturated carbocycles. The quantitative estimate of drug-likeness (QED) is 0.686. The third-order valence-electron chi connectivity index (χ3n) is 2.46. The summed E-state index contributed by atoms with van der Waals surface area (Å²) in [6.45, 7) is 3.32. The second-order valence-electron chi connectivity index (χ2n) is 3.76. The van der Waals surface area contributed by atoms with Gasteiger partial charge in [0.2, 0.25) is 5.91 Å². The van der Waals surface area contributed by atoms with Crippen LogP contribution in [0.25, 0.3) is 0 Å². The summed E-state index contributed by atoms with van der Waals surface area (Å²) < 4.78 is 26.9. The Morgan fingerprint density at radius 2 is 1.81 bits per heavy atom. The summed E-state index contributed by atoms with van der Waals surface area (Å²) in [6, 6.07) is 0.